The first-order valence-electron chi connectivity index (χ1n) is 10.9. The number of aromatic nitrogens is 2. The molecule has 0 saturated carbocycles. The molecule has 3 aromatic rings. The standard InChI is InChI=1S/C26H30N2O2/c1-3-4-5-6-7-20-8-10-21(11-9-20)23-16-27-25(28-17-23)22-12-14-24(15-13-22)29-18-26(2)19-30-26/h8-17H,3-7,18-19H2,1-2H3. The highest BCUT2D eigenvalue weighted by Gasteiger charge is 2.40. The van der Waals surface area contributed by atoms with E-state index in [1.807, 2.05) is 36.7 Å². The minimum absolute atomic E-state index is 0.106. The molecule has 0 spiro atoms. The van der Waals surface area contributed by atoms with E-state index in [9.17, 15) is 0 Å². The van der Waals surface area contributed by atoms with Crippen molar-refractivity contribution in [1.82, 2.24) is 9.97 Å². The molecular formula is C26H30N2O2. The van der Waals surface area contributed by atoms with Gasteiger partial charge < -0.3 is 9.47 Å². The normalized spacial score (nSPS) is 17.7. The summed E-state index contributed by atoms with van der Waals surface area (Å²) in [6.45, 7) is 5.65. The Morgan fingerprint density at radius 3 is 2.17 bits per heavy atom. The molecule has 30 heavy (non-hydrogen) atoms. The van der Waals surface area contributed by atoms with Crippen molar-refractivity contribution in [3.05, 3.63) is 66.5 Å². The van der Waals surface area contributed by atoms with Gasteiger partial charge in [-0.15, -0.1) is 0 Å². The number of benzene rings is 2. The summed E-state index contributed by atoms with van der Waals surface area (Å²) in [6, 6.07) is 16.7. The maximum absolute atomic E-state index is 5.78. The number of aryl methyl sites for hydroxylation is 1. The predicted molar refractivity (Wildman–Crippen MR) is 121 cm³/mol. The summed E-state index contributed by atoms with van der Waals surface area (Å²) in [5.74, 6) is 1.55. The molecule has 156 valence electrons. The number of nitrogens with zero attached hydrogens (tertiary/aromatic N) is 2. The fourth-order valence-corrected chi connectivity index (χ4v) is 3.39. The van der Waals surface area contributed by atoms with Crippen LogP contribution in [0.4, 0.5) is 0 Å². The Morgan fingerprint density at radius 1 is 0.867 bits per heavy atom. The SMILES string of the molecule is CCCCCCc1ccc(-c2cnc(-c3ccc(OCC4(C)CO4)cc3)nc2)cc1. The molecule has 0 bridgehead atoms. The van der Waals surface area contributed by atoms with E-state index in [1.165, 1.54) is 31.2 Å². The molecule has 1 aliphatic rings. The molecule has 1 atom stereocenters. The van der Waals surface area contributed by atoms with Gasteiger partial charge in [-0.3, -0.25) is 0 Å². The highest BCUT2D eigenvalue weighted by atomic mass is 16.6. The molecule has 0 radical (unpaired) electrons. The van der Waals surface area contributed by atoms with Crippen LogP contribution < -0.4 is 4.74 Å². The van der Waals surface area contributed by atoms with Gasteiger partial charge in [-0.1, -0.05) is 50.5 Å². The third kappa shape index (κ3) is 5.45. The van der Waals surface area contributed by atoms with E-state index in [4.69, 9.17) is 9.47 Å². The largest absolute Gasteiger partial charge is 0.491 e. The van der Waals surface area contributed by atoms with Gasteiger partial charge in [0.2, 0.25) is 0 Å². The first-order chi connectivity index (χ1) is 14.6. The highest BCUT2D eigenvalue weighted by molar-refractivity contribution is 5.64. The monoisotopic (exact) mass is 402 g/mol. The van der Waals surface area contributed by atoms with Crippen LogP contribution >= 0.6 is 0 Å². The second kappa shape index (κ2) is 9.40. The lowest BCUT2D eigenvalue weighted by atomic mass is 10.0. The van der Waals surface area contributed by atoms with Gasteiger partial charge >= 0.3 is 0 Å². The van der Waals surface area contributed by atoms with Crippen LogP contribution in [0.3, 0.4) is 0 Å². The van der Waals surface area contributed by atoms with Gasteiger partial charge in [0.1, 0.15) is 18.0 Å². The number of hydrogen-bond acceptors (Lipinski definition) is 4. The van der Waals surface area contributed by atoms with E-state index < -0.39 is 0 Å². The number of epoxide rings is 1. The molecule has 2 heterocycles. The van der Waals surface area contributed by atoms with E-state index in [-0.39, 0.29) is 5.60 Å². The molecule has 1 aromatic heterocycles. The van der Waals surface area contributed by atoms with Crippen molar-refractivity contribution >= 4 is 0 Å². The van der Waals surface area contributed by atoms with Crippen LogP contribution in [-0.2, 0) is 11.2 Å². The summed E-state index contributed by atoms with van der Waals surface area (Å²) < 4.78 is 11.1. The predicted octanol–water partition coefficient (Wildman–Crippen LogP) is 6.10. The second-order valence-electron chi connectivity index (χ2n) is 8.35. The lowest BCUT2D eigenvalue weighted by Gasteiger charge is -2.09. The molecule has 4 nitrogen and oxygen atoms in total. The van der Waals surface area contributed by atoms with Crippen LogP contribution in [0.2, 0.25) is 0 Å². The lowest BCUT2D eigenvalue weighted by Crippen LogP contribution is -2.16. The first kappa shape index (κ1) is 20.5. The molecule has 4 rings (SSSR count). The zero-order chi connectivity index (χ0) is 20.8. The van der Waals surface area contributed by atoms with Gasteiger partial charge in [-0.2, -0.15) is 0 Å². The van der Waals surface area contributed by atoms with Crippen LogP contribution in [0, 0.1) is 0 Å². The summed E-state index contributed by atoms with van der Waals surface area (Å²) in [6.07, 6.45) is 10.1. The van der Waals surface area contributed by atoms with Crippen LogP contribution in [0.1, 0.15) is 45.1 Å². The average molecular weight is 403 g/mol. The maximum Gasteiger partial charge on any atom is 0.159 e. The molecule has 0 amide bonds. The van der Waals surface area contributed by atoms with Gasteiger partial charge in [-0.05, 0) is 55.2 Å². The van der Waals surface area contributed by atoms with Crippen LogP contribution in [-0.4, -0.2) is 28.8 Å². The summed E-state index contributed by atoms with van der Waals surface area (Å²) in [5.41, 5.74) is 4.46. The van der Waals surface area contributed by atoms with Crippen LogP contribution in [0.25, 0.3) is 22.5 Å². The molecule has 2 aromatic carbocycles. The Hall–Kier alpha value is -2.72. The molecule has 4 heteroatoms. The van der Waals surface area contributed by atoms with Gasteiger partial charge in [0.15, 0.2) is 5.82 Å². The van der Waals surface area contributed by atoms with Crippen molar-refractivity contribution in [1.29, 1.82) is 0 Å². The number of rotatable bonds is 10. The Kier molecular flexibility index (Phi) is 6.44. The van der Waals surface area contributed by atoms with Crippen molar-refractivity contribution in [3.8, 4) is 28.3 Å². The molecular weight excluding hydrogens is 372 g/mol. The quantitative estimate of drug-likeness (QED) is 0.304. The molecule has 1 unspecified atom stereocenters. The summed E-state index contributed by atoms with van der Waals surface area (Å²) in [5, 5.41) is 0. The third-order valence-electron chi connectivity index (χ3n) is 5.55. The van der Waals surface area contributed by atoms with Crippen molar-refractivity contribution in [2.75, 3.05) is 13.2 Å². The molecule has 0 aliphatic carbocycles. The molecule has 1 saturated heterocycles. The Morgan fingerprint density at radius 2 is 1.53 bits per heavy atom. The first-order valence-corrected chi connectivity index (χ1v) is 10.9. The average Bonchev–Trinajstić information content (AvgIpc) is 3.54. The van der Waals surface area contributed by atoms with Gasteiger partial charge in [-0.25, -0.2) is 9.97 Å². The summed E-state index contributed by atoms with van der Waals surface area (Å²) in [4.78, 5) is 9.14. The summed E-state index contributed by atoms with van der Waals surface area (Å²) >= 11 is 0. The maximum atomic E-state index is 5.78. The van der Waals surface area contributed by atoms with Gasteiger partial charge in [0, 0.05) is 23.5 Å². The van der Waals surface area contributed by atoms with E-state index in [2.05, 4.69) is 48.1 Å². The minimum Gasteiger partial charge on any atom is -0.491 e. The Labute approximate surface area is 179 Å². The topological polar surface area (TPSA) is 47.5 Å². The molecule has 1 fully saturated rings. The van der Waals surface area contributed by atoms with Crippen molar-refractivity contribution < 1.29 is 9.47 Å². The van der Waals surface area contributed by atoms with E-state index in [1.54, 1.807) is 0 Å². The molecule has 1 aliphatic heterocycles. The van der Waals surface area contributed by atoms with E-state index >= 15 is 0 Å². The van der Waals surface area contributed by atoms with Gasteiger partial charge in [0.05, 0.1) is 6.61 Å². The lowest BCUT2D eigenvalue weighted by molar-refractivity contribution is 0.202. The Balaban J connectivity index is 1.35. The second-order valence-corrected chi connectivity index (χ2v) is 8.35. The number of hydrogen-bond donors (Lipinski definition) is 0. The Bertz CT molecular complexity index is 930. The van der Waals surface area contributed by atoms with Gasteiger partial charge in [0.25, 0.3) is 0 Å². The third-order valence-corrected chi connectivity index (χ3v) is 5.55. The summed E-state index contributed by atoms with van der Waals surface area (Å²) in [7, 11) is 0. The van der Waals surface area contributed by atoms with Crippen molar-refractivity contribution in [2.24, 2.45) is 0 Å². The van der Waals surface area contributed by atoms with E-state index in [0.29, 0.717) is 6.61 Å². The zero-order valence-corrected chi connectivity index (χ0v) is 17.9. The van der Waals surface area contributed by atoms with E-state index in [0.717, 1.165) is 41.3 Å². The molecule has 0 N–H and O–H groups in total. The number of unbranched alkanes of at least 4 members (excludes halogenated alkanes) is 3. The minimum atomic E-state index is -0.106. The highest BCUT2D eigenvalue weighted by Crippen LogP contribution is 2.28. The zero-order valence-electron chi connectivity index (χ0n) is 17.9. The smallest absolute Gasteiger partial charge is 0.159 e. The van der Waals surface area contributed by atoms with Crippen molar-refractivity contribution in [2.45, 2.75) is 51.6 Å². The van der Waals surface area contributed by atoms with Crippen LogP contribution in [0.15, 0.2) is 60.9 Å². The fourth-order valence-electron chi connectivity index (χ4n) is 3.39. The van der Waals surface area contributed by atoms with Crippen molar-refractivity contribution in [3.63, 3.8) is 0 Å². The van der Waals surface area contributed by atoms with Crippen LogP contribution in [0.5, 0.6) is 5.75 Å². The fraction of sp³-hybridized carbons (Fsp3) is 0.385. The number of ether oxygens (including phenoxy) is 2.